The van der Waals surface area contributed by atoms with Gasteiger partial charge in [0.2, 0.25) is 11.0 Å². The standard InChI is InChI=1S/C35H39F3N4O2S/c1-3-24-12-10-13-25(4-2)28(24)16-11-17-31(43)39-23-9-5-6-18-32-41-42-34(45-32)40-33(44)30-15-8-7-14-29(30)26-19-21-27(22-20-26)35(36,37)38/h7-8,10,12-15,19-22H,3-6,9,11,16-18,23H2,1-2H3,(H,39,43)(H,40,42,44). The number of nitrogens with zero attached hydrogens (tertiary/aromatic N) is 2. The minimum absolute atomic E-state index is 0.0893. The van der Waals surface area contributed by atoms with Gasteiger partial charge >= 0.3 is 6.18 Å². The Morgan fingerprint density at radius 1 is 0.800 bits per heavy atom. The minimum atomic E-state index is -4.43. The number of carbonyl (C=O) groups is 2. The van der Waals surface area contributed by atoms with Crippen LogP contribution in [0.2, 0.25) is 0 Å². The Bertz CT molecular complexity index is 1550. The Kier molecular flexibility index (Phi) is 12.3. The van der Waals surface area contributed by atoms with Crippen LogP contribution in [0.25, 0.3) is 11.1 Å². The number of halogens is 3. The monoisotopic (exact) mass is 636 g/mol. The molecule has 0 bridgehead atoms. The van der Waals surface area contributed by atoms with E-state index in [0.717, 1.165) is 62.1 Å². The van der Waals surface area contributed by atoms with Crippen molar-refractivity contribution in [2.45, 2.75) is 77.8 Å². The van der Waals surface area contributed by atoms with Crippen molar-refractivity contribution in [1.29, 1.82) is 0 Å². The van der Waals surface area contributed by atoms with Crippen molar-refractivity contribution in [1.82, 2.24) is 15.5 Å². The Balaban J connectivity index is 1.17. The van der Waals surface area contributed by atoms with Crippen LogP contribution in [0.1, 0.15) is 83.6 Å². The molecule has 6 nitrogen and oxygen atoms in total. The van der Waals surface area contributed by atoms with Gasteiger partial charge in [-0.15, -0.1) is 10.2 Å². The maximum absolute atomic E-state index is 13.0. The molecular weight excluding hydrogens is 597 g/mol. The first-order valence-electron chi connectivity index (χ1n) is 15.5. The molecule has 0 atom stereocenters. The van der Waals surface area contributed by atoms with Gasteiger partial charge in [-0.25, -0.2) is 0 Å². The molecule has 10 heteroatoms. The van der Waals surface area contributed by atoms with Gasteiger partial charge in [0.1, 0.15) is 5.01 Å². The van der Waals surface area contributed by atoms with Gasteiger partial charge in [0, 0.05) is 24.9 Å². The molecule has 0 aliphatic carbocycles. The van der Waals surface area contributed by atoms with Crippen LogP contribution in [-0.2, 0) is 36.7 Å². The van der Waals surface area contributed by atoms with Crippen LogP contribution in [-0.4, -0.2) is 28.6 Å². The number of alkyl halides is 3. The van der Waals surface area contributed by atoms with Crippen LogP contribution in [0.5, 0.6) is 0 Å². The van der Waals surface area contributed by atoms with E-state index in [4.69, 9.17) is 0 Å². The number of benzene rings is 3. The summed E-state index contributed by atoms with van der Waals surface area (Å²) in [6, 6.07) is 18.0. The zero-order valence-corrected chi connectivity index (χ0v) is 26.5. The van der Waals surface area contributed by atoms with Crippen LogP contribution < -0.4 is 10.6 Å². The minimum Gasteiger partial charge on any atom is -0.356 e. The first-order valence-corrected chi connectivity index (χ1v) is 16.3. The Hall–Kier alpha value is -4.05. The first-order chi connectivity index (χ1) is 21.7. The van der Waals surface area contributed by atoms with Gasteiger partial charge in [0.15, 0.2) is 0 Å². The van der Waals surface area contributed by atoms with Crippen molar-refractivity contribution in [2.24, 2.45) is 0 Å². The molecule has 0 aliphatic rings. The molecule has 0 spiro atoms. The lowest BCUT2D eigenvalue weighted by molar-refractivity contribution is -0.137. The highest BCUT2D eigenvalue weighted by atomic mass is 32.1. The molecule has 1 aromatic heterocycles. The molecular formula is C35H39F3N4O2S. The smallest absolute Gasteiger partial charge is 0.356 e. The molecule has 2 N–H and O–H groups in total. The summed E-state index contributed by atoms with van der Waals surface area (Å²) in [5.74, 6) is -0.323. The molecule has 0 saturated heterocycles. The number of amides is 2. The van der Waals surface area contributed by atoms with E-state index in [-0.39, 0.29) is 5.91 Å². The van der Waals surface area contributed by atoms with Crippen molar-refractivity contribution in [3.05, 3.63) is 99.6 Å². The van der Waals surface area contributed by atoms with Crippen molar-refractivity contribution in [3.8, 4) is 11.1 Å². The number of hydrogen-bond acceptors (Lipinski definition) is 5. The Morgan fingerprint density at radius 3 is 2.20 bits per heavy atom. The molecule has 238 valence electrons. The average Bonchev–Trinajstić information content (AvgIpc) is 3.49. The van der Waals surface area contributed by atoms with Gasteiger partial charge in [0.25, 0.3) is 5.91 Å². The Labute approximate surface area is 266 Å². The topological polar surface area (TPSA) is 84.0 Å². The number of carbonyl (C=O) groups excluding carboxylic acids is 2. The molecule has 4 aromatic rings. The summed E-state index contributed by atoms with van der Waals surface area (Å²) in [7, 11) is 0. The maximum Gasteiger partial charge on any atom is 0.416 e. The highest BCUT2D eigenvalue weighted by Crippen LogP contribution is 2.32. The second-order valence-electron chi connectivity index (χ2n) is 10.9. The predicted molar refractivity (Wildman–Crippen MR) is 173 cm³/mol. The molecule has 0 saturated carbocycles. The van der Waals surface area contributed by atoms with E-state index in [9.17, 15) is 22.8 Å². The van der Waals surface area contributed by atoms with Crippen LogP contribution in [0, 0.1) is 0 Å². The average molecular weight is 637 g/mol. The molecule has 3 aromatic carbocycles. The van der Waals surface area contributed by atoms with Crippen molar-refractivity contribution < 1.29 is 22.8 Å². The summed E-state index contributed by atoms with van der Waals surface area (Å²) >= 11 is 1.29. The van der Waals surface area contributed by atoms with Gasteiger partial charge in [-0.2, -0.15) is 13.2 Å². The predicted octanol–water partition coefficient (Wildman–Crippen LogP) is 8.45. The molecule has 0 radical (unpaired) electrons. The number of aromatic nitrogens is 2. The van der Waals surface area contributed by atoms with Crippen LogP contribution in [0.3, 0.4) is 0 Å². The van der Waals surface area contributed by atoms with Crippen LogP contribution in [0.4, 0.5) is 18.3 Å². The van der Waals surface area contributed by atoms with Crippen molar-refractivity contribution in [2.75, 3.05) is 11.9 Å². The van der Waals surface area contributed by atoms with E-state index in [0.29, 0.717) is 41.2 Å². The normalized spacial score (nSPS) is 11.4. The second kappa shape index (κ2) is 16.3. The fourth-order valence-corrected chi connectivity index (χ4v) is 6.11. The van der Waals surface area contributed by atoms with Crippen molar-refractivity contribution in [3.63, 3.8) is 0 Å². The maximum atomic E-state index is 13.0. The van der Waals surface area contributed by atoms with Gasteiger partial charge in [-0.1, -0.05) is 80.1 Å². The highest BCUT2D eigenvalue weighted by Gasteiger charge is 2.30. The van der Waals surface area contributed by atoms with E-state index in [1.54, 1.807) is 24.3 Å². The fraction of sp³-hybridized carbons (Fsp3) is 0.371. The van der Waals surface area contributed by atoms with Gasteiger partial charge < -0.3 is 5.32 Å². The largest absolute Gasteiger partial charge is 0.416 e. The second-order valence-corrected chi connectivity index (χ2v) is 11.9. The molecule has 0 fully saturated rings. The zero-order chi connectivity index (χ0) is 32.2. The van der Waals surface area contributed by atoms with E-state index < -0.39 is 17.6 Å². The van der Waals surface area contributed by atoms with E-state index in [1.807, 2.05) is 0 Å². The van der Waals surface area contributed by atoms with Crippen LogP contribution >= 0.6 is 11.3 Å². The number of hydrogen-bond donors (Lipinski definition) is 2. The van der Waals surface area contributed by atoms with Crippen LogP contribution in [0.15, 0.2) is 66.7 Å². The number of rotatable bonds is 15. The molecule has 0 unspecified atom stereocenters. The third kappa shape index (κ3) is 9.72. The zero-order valence-electron chi connectivity index (χ0n) is 25.7. The number of unbranched alkanes of at least 4 members (excludes halogenated alkanes) is 2. The SMILES string of the molecule is CCc1cccc(CC)c1CCCC(=O)NCCCCCc1nnc(NC(=O)c2ccccc2-c2ccc(C(F)(F)F)cc2)s1. The summed E-state index contributed by atoms with van der Waals surface area (Å²) in [5, 5.41) is 15.2. The lowest BCUT2D eigenvalue weighted by Gasteiger charge is -2.13. The number of nitrogens with one attached hydrogen (secondary N) is 2. The van der Waals surface area contributed by atoms with Crippen molar-refractivity contribution >= 4 is 28.3 Å². The third-order valence-corrected chi connectivity index (χ3v) is 8.63. The third-order valence-electron chi connectivity index (χ3n) is 7.73. The van der Waals surface area contributed by atoms with E-state index in [2.05, 4.69) is 52.9 Å². The van der Waals surface area contributed by atoms with E-state index in [1.165, 1.54) is 40.2 Å². The molecule has 4 rings (SSSR count). The molecule has 0 aliphatic heterocycles. The Morgan fingerprint density at radius 2 is 1.51 bits per heavy atom. The van der Waals surface area contributed by atoms with Gasteiger partial charge in [-0.3, -0.25) is 14.9 Å². The van der Waals surface area contributed by atoms with E-state index >= 15 is 0 Å². The molecule has 45 heavy (non-hydrogen) atoms. The summed E-state index contributed by atoms with van der Waals surface area (Å²) in [5.41, 5.74) is 4.76. The first kappa shape index (κ1) is 33.8. The summed E-state index contributed by atoms with van der Waals surface area (Å²) in [6.07, 6.45) is 3.25. The number of aryl methyl sites for hydroxylation is 3. The molecule has 2 amide bonds. The molecule has 1 heterocycles. The highest BCUT2D eigenvalue weighted by molar-refractivity contribution is 7.15. The lowest BCUT2D eigenvalue weighted by atomic mass is 9.93. The fourth-order valence-electron chi connectivity index (χ4n) is 5.33. The van der Waals surface area contributed by atoms with Gasteiger partial charge in [-0.05, 0) is 84.5 Å². The quantitative estimate of drug-likeness (QED) is 0.128. The number of anilines is 1. The van der Waals surface area contributed by atoms with Gasteiger partial charge in [0.05, 0.1) is 5.56 Å². The lowest BCUT2D eigenvalue weighted by Crippen LogP contribution is -2.24. The summed E-state index contributed by atoms with van der Waals surface area (Å²) in [6.45, 7) is 4.98. The summed E-state index contributed by atoms with van der Waals surface area (Å²) < 4.78 is 38.9. The summed E-state index contributed by atoms with van der Waals surface area (Å²) in [4.78, 5) is 25.4.